The van der Waals surface area contributed by atoms with Crippen molar-refractivity contribution in [1.82, 2.24) is 4.31 Å². The third-order valence-corrected chi connectivity index (χ3v) is 7.44. The molecular formula is C21H30NO3S2. The number of methoxy groups -OCH3 is 1. The molecule has 0 saturated heterocycles. The molecule has 6 heteroatoms. The molecule has 0 unspecified atom stereocenters. The number of unbranched alkanes of at least 4 members (excludes halogenated alkanes) is 2. The largest absolute Gasteiger partial charge is 0.497 e. The molecule has 27 heavy (non-hydrogen) atoms. The van der Waals surface area contributed by atoms with Crippen LogP contribution in [0.5, 0.6) is 5.75 Å². The molecule has 0 atom stereocenters. The molecule has 0 aliphatic rings. The van der Waals surface area contributed by atoms with Crippen LogP contribution in [0.4, 0.5) is 0 Å². The van der Waals surface area contributed by atoms with Crippen LogP contribution in [0.3, 0.4) is 0 Å². The maximum Gasteiger partial charge on any atom is 0.252 e. The molecule has 0 bridgehead atoms. The van der Waals surface area contributed by atoms with Crippen LogP contribution in [0, 0.1) is 11.8 Å². The quantitative estimate of drug-likeness (QED) is 0.497. The Morgan fingerprint density at radius 2 is 1.81 bits per heavy atom. The Morgan fingerprint density at radius 1 is 1.11 bits per heavy atom. The predicted molar refractivity (Wildman–Crippen MR) is 113 cm³/mol. The second kappa shape index (κ2) is 9.71. The molecular weight excluding hydrogens is 378 g/mol. The van der Waals surface area contributed by atoms with Crippen molar-refractivity contribution >= 4 is 21.4 Å². The molecule has 0 saturated carbocycles. The summed E-state index contributed by atoms with van der Waals surface area (Å²) in [6, 6.07) is 11.0. The van der Waals surface area contributed by atoms with Gasteiger partial charge in [0.25, 0.3) is 10.0 Å². The second-order valence-corrected chi connectivity index (χ2v) is 10.8. The first-order valence-corrected chi connectivity index (χ1v) is 11.6. The molecule has 4 nitrogen and oxygen atoms in total. The van der Waals surface area contributed by atoms with Gasteiger partial charge in [-0.25, -0.2) is 8.42 Å². The highest BCUT2D eigenvalue weighted by Gasteiger charge is 2.25. The molecule has 1 aromatic heterocycles. The van der Waals surface area contributed by atoms with E-state index in [1.807, 2.05) is 24.3 Å². The fourth-order valence-electron chi connectivity index (χ4n) is 2.72. The van der Waals surface area contributed by atoms with Crippen LogP contribution >= 0.6 is 11.3 Å². The van der Waals surface area contributed by atoms with Gasteiger partial charge in [-0.05, 0) is 53.8 Å². The number of thiophene rings is 1. The average molecular weight is 409 g/mol. The van der Waals surface area contributed by atoms with E-state index in [2.05, 4.69) is 27.2 Å². The maximum atomic E-state index is 13.0. The third-order valence-electron chi connectivity index (χ3n) is 4.23. The summed E-state index contributed by atoms with van der Waals surface area (Å²) in [4.78, 5) is 0. The van der Waals surface area contributed by atoms with E-state index in [9.17, 15) is 8.42 Å². The fraction of sp³-hybridized carbons (Fsp3) is 0.476. The van der Waals surface area contributed by atoms with Crippen molar-refractivity contribution in [2.45, 2.75) is 50.8 Å². The normalized spacial score (nSPS) is 12.5. The number of sulfonamides is 1. The van der Waals surface area contributed by atoms with Gasteiger partial charge >= 0.3 is 0 Å². The van der Waals surface area contributed by atoms with Crippen molar-refractivity contribution in [2.75, 3.05) is 13.7 Å². The van der Waals surface area contributed by atoms with Crippen molar-refractivity contribution in [1.29, 1.82) is 0 Å². The highest BCUT2D eigenvalue weighted by Crippen LogP contribution is 2.25. The van der Waals surface area contributed by atoms with Gasteiger partial charge in [-0.15, -0.1) is 11.3 Å². The summed E-state index contributed by atoms with van der Waals surface area (Å²) in [7, 11) is -1.85. The first-order chi connectivity index (χ1) is 12.7. The van der Waals surface area contributed by atoms with Crippen molar-refractivity contribution < 1.29 is 13.2 Å². The van der Waals surface area contributed by atoms with Crippen molar-refractivity contribution in [3.05, 3.63) is 53.8 Å². The maximum absolute atomic E-state index is 13.0. The molecule has 2 rings (SSSR count). The topological polar surface area (TPSA) is 46.6 Å². The fourth-order valence-corrected chi connectivity index (χ4v) is 5.34. The zero-order valence-electron chi connectivity index (χ0n) is 16.6. The first-order valence-electron chi connectivity index (χ1n) is 9.23. The summed E-state index contributed by atoms with van der Waals surface area (Å²) in [5.41, 5.74) is 1.16. The Labute approximate surface area is 168 Å². The SMILES string of the molecule is COc1ccc(CN(CCCC[CH]C(C)(C)C)S(=O)(=O)c2cccs2)cc1. The molecule has 149 valence electrons. The molecule has 1 aromatic carbocycles. The van der Waals surface area contributed by atoms with Gasteiger partial charge in [0.2, 0.25) is 0 Å². The summed E-state index contributed by atoms with van der Waals surface area (Å²) in [5.74, 6) is 0.768. The number of hydrogen-bond acceptors (Lipinski definition) is 4. The zero-order chi connectivity index (χ0) is 19.9. The third kappa shape index (κ3) is 6.94. The Hall–Kier alpha value is -1.37. The minimum Gasteiger partial charge on any atom is -0.497 e. The monoisotopic (exact) mass is 408 g/mol. The van der Waals surface area contributed by atoms with Crippen LogP contribution in [0.2, 0.25) is 0 Å². The van der Waals surface area contributed by atoms with Gasteiger partial charge in [0.15, 0.2) is 0 Å². The Morgan fingerprint density at radius 3 is 2.37 bits per heavy atom. The van der Waals surface area contributed by atoms with Crippen LogP contribution in [-0.2, 0) is 16.6 Å². The highest BCUT2D eigenvalue weighted by atomic mass is 32.2. The first kappa shape index (κ1) is 21.9. The Balaban J connectivity index is 2.06. The van der Waals surface area contributed by atoms with Crippen LogP contribution in [0.15, 0.2) is 46.0 Å². The number of nitrogens with zero attached hydrogens (tertiary/aromatic N) is 1. The lowest BCUT2D eigenvalue weighted by atomic mass is 9.89. The van der Waals surface area contributed by atoms with E-state index in [0.29, 0.717) is 17.3 Å². The lowest BCUT2D eigenvalue weighted by Crippen LogP contribution is -2.31. The molecule has 0 N–H and O–H groups in total. The van der Waals surface area contributed by atoms with Gasteiger partial charge in [-0.2, -0.15) is 4.31 Å². The molecule has 0 aliphatic carbocycles. The minimum absolute atomic E-state index is 0.200. The van der Waals surface area contributed by atoms with E-state index < -0.39 is 10.0 Å². The molecule has 0 amide bonds. The molecule has 2 aromatic rings. The van der Waals surface area contributed by atoms with E-state index >= 15 is 0 Å². The van der Waals surface area contributed by atoms with Crippen molar-refractivity contribution in [3.8, 4) is 5.75 Å². The molecule has 0 aliphatic heterocycles. The standard InChI is InChI=1S/C21H30NO3S2/c1-21(2,3)14-6-5-7-15-22(27(23,24)20-9-8-16-26-20)17-18-10-12-19(25-4)13-11-18/h8-14,16H,5-7,15,17H2,1-4H3. The summed E-state index contributed by atoms with van der Waals surface area (Å²) in [6.45, 7) is 7.44. The average Bonchev–Trinajstić information content (AvgIpc) is 3.15. The number of benzene rings is 1. The van der Waals surface area contributed by atoms with Crippen LogP contribution in [0.1, 0.15) is 45.6 Å². The number of hydrogen-bond donors (Lipinski definition) is 0. The van der Waals surface area contributed by atoms with E-state index in [4.69, 9.17) is 4.74 Å². The van der Waals surface area contributed by atoms with E-state index in [0.717, 1.165) is 30.6 Å². The van der Waals surface area contributed by atoms with E-state index in [-0.39, 0.29) is 5.41 Å². The highest BCUT2D eigenvalue weighted by molar-refractivity contribution is 7.91. The van der Waals surface area contributed by atoms with Crippen LogP contribution in [-0.4, -0.2) is 26.4 Å². The smallest absolute Gasteiger partial charge is 0.252 e. The number of ether oxygens (including phenoxy) is 1. The zero-order valence-corrected chi connectivity index (χ0v) is 18.3. The summed E-state index contributed by atoms with van der Waals surface area (Å²) < 4.78 is 33.3. The van der Waals surface area contributed by atoms with Crippen molar-refractivity contribution in [3.63, 3.8) is 0 Å². The molecule has 0 fully saturated rings. The molecule has 1 radical (unpaired) electrons. The molecule has 1 heterocycles. The minimum atomic E-state index is -3.48. The Bertz CT molecular complexity index is 776. The van der Waals surface area contributed by atoms with Crippen LogP contribution in [0.25, 0.3) is 0 Å². The van der Waals surface area contributed by atoms with Gasteiger partial charge in [0.05, 0.1) is 7.11 Å². The Kier molecular flexibility index (Phi) is 7.89. The lowest BCUT2D eigenvalue weighted by Gasteiger charge is -2.22. The summed E-state index contributed by atoms with van der Waals surface area (Å²) >= 11 is 1.27. The van der Waals surface area contributed by atoms with E-state index in [1.54, 1.807) is 28.9 Å². The molecule has 0 spiro atoms. The van der Waals surface area contributed by atoms with Crippen molar-refractivity contribution in [2.24, 2.45) is 5.41 Å². The summed E-state index contributed by atoms with van der Waals surface area (Å²) in [5, 5.41) is 1.80. The van der Waals surface area contributed by atoms with E-state index in [1.165, 1.54) is 11.3 Å². The lowest BCUT2D eigenvalue weighted by molar-refractivity contribution is 0.389. The second-order valence-electron chi connectivity index (χ2n) is 7.68. The predicted octanol–water partition coefficient (Wildman–Crippen LogP) is 5.37. The van der Waals surface area contributed by atoms with Gasteiger partial charge in [0, 0.05) is 13.1 Å². The van der Waals surface area contributed by atoms with Crippen LogP contribution < -0.4 is 4.74 Å². The van der Waals surface area contributed by atoms with Gasteiger partial charge in [0.1, 0.15) is 9.96 Å². The summed E-state index contributed by atoms with van der Waals surface area (Å²) in [6.07, 6.45) is 5.12. The van der Waals surface area contributed by atoms with Gasteiger partial charge < -0.3 is 4.74 Å². The van der Waals surface area contributed by atoms with Gasteiger partial charge in [-0.3, -0.25) is 0 Å². The number of rotatable bonds is 10. The van der Waals surface area contributed by atoms with Gasteiger partial charge in [-0.1, -0.05) is 45.4 Å².